The molecule has 216 valence electrons. The zero-order valence-electron chi connectivity index (χ0n) is 22.3. The van der Waals surface area contributed by atoms with E-state index in [0.29, 0.717) is 51.7 Å². The van der Waals surface area contributed by atoms with Crippen LogP contribution in [0.5, 0.6) is 5.75 Å². The SMILES string of the molecule is C=CCCO[C@@H](CO)c1cc(F)ccc1OCCN1CC[C@H](n2c(=O)[nH]c3sc(-n4nccn4)c(C)c3c2=O)C1=O. The topological polar surface area (TPSA) is 145 Å². The molecule has 2 N–H and O–H groups in total. The maximum absolute atomic E-state index is 14.0. The summed E-state index contributed by atoms with van der Waals surface area (Å²) in [7, 11) is 0. The molecular formula is C27H29FN6O6S. The van der Waals surface area contributed by atoms with E-state index >= 15 is 0 Å². The summed E-state index contributed by atoms with van der Waals surface area (Å²) in [5.41, 5.74) is -0.251. The number of aromatic amines is 1. The molecule has 0 aliphatic carbocycles. The molecule has 41 heavy (non-hydrogen) atoms. The van der Waals surface area contributed by atoms with Gasteiger partial charge in [0.05, 0.1) is 37.5 Å². The molecule has 1 aliphatic rings. The summed E-state index contributed by atoms with van der Waals surface area (Å²) in [4.78, 5) is 45.8. The van der Waals surface area contributed by atoms with Gasteiger partial charge in [0.2, 0.25) is 5.91 Å². The maximum Gasteiger partial charge on any atom is 0.330 e. The van der Waals surface area contributed by atoms with Gasteiger partial charge in [-0.3, -0.25) is 14.6 Å². The minimum Gasteiger partial charge on any atom is -0.491 e. The molecule has 5 rings (SSSR count). The molecule has 4 heterocycles. The van der Waals surface area contributed by atoms with Crippen molar-refractivity contribution in [1.29, 1.82) is 0 Å². The molecule has 1 amide bonds. The van der Waals surface area contributed by atoms with E-state index in [1.165, 1.54) is 51.6 Å². The first-order valence-corrected chi connectivity index (χ1v) is 13.8. The lowest BCUT2D eigenvalue weighted by atomic mass is 10.1. The van der Waals surface area contributed by atoms with Crippen molar-refractivity contribution in [3.05, 3.63) is 81.0 Å². The lowest BCUT2D eigenvalue weighted by Crippen LogP contribution is -2.41. The predicted molar refractivity (Wildman–Crippen MR) is 149 cm³/mol. The number of aromatic nitrogens is 5. The van der Waals surface area contributed by atoms with Crippen LogP contribution in [0.3, 0.4) is 0 Å². The van der Waals surface area contributed by atoms with Crippen LogP contribution in [0.15, 0.2) is 52.8 Å². The number of aliphatic hydroxyl groups excluding tert-OH is 1. The van der Waals surface area contributed by atoms with Crippen molar-refractivity contribution in [3.63, 3.8) is 0 Å². The Hall–Kier alpha value is -4.14. The summed E-state index contributed by atoms with van der Waals surface area (Å²) in [6, 6.07) is 2.97. The fourth-order valence-electron chi connectivity index (χ4n) is 4.90. The van der Waals surface area contributed by atoms with Crippen LogP contribution in [0.2, 0.25) is 0 Å². The van der Waals surface area contributed by atoms with Crippen molar-refractivity contribution in [2.45, 2.75) is 31.9 Å². The highest BCUT2D eigenvalue weighted by Crippen LogP contribution is 2.31. The molecule has 4 aromatic rings. The summed E-state index contributed by atoms with van der Waals surface area (Å²) < 4.78 is 26.5. The van der Waals surface area contributed by atoms with Gasteiger partial charge >= 0.3 is 5.69 Å². The second-order valence-electron chi connectivity index (χ2n) is 9.44. The number of carbonyl (C=O) groups excluding carboxylic acids is 1. The van der Waals surface area contributed by atoms with E-state index in [1.54, 1.807) is 13.0 Å². The van der Waals surface area contributed by atoms with E-state index in [9.17, 15) is 23.9 Å². The van der Waals surface area contributed by atoms with Crippen LogP contribution >= 0.6 is 11.3 Å². The lowest BCUT2D eigenvalue weighted by Gasteiger charge is -2.21. The molecule has 0 saturated carbocycles. The zero-order chi connectivity index (χ0) is 29.1. The molecule has 0 spiro atoms. The second kappa shape index (κ2) is 12.2. The molecule has 1 aromatic carbocycles. The number of hydrogen-bond donors (Lipinski definition) is 2. The number of thiophene rings is 1. The van der Waals surface area contributed by atoms with Crippen LogP contribution in [0.4, 0.5) is 4.39 Å². The Morgan fingerprint density at radius 2 is 2.05 bits per heavy atom. The van der Waals surface area contributed by atoms with E-state index in [2.05, 4.69) is 21.8 Å². The molecule has 0 bridgehead atoms. The van der Waals surface area contributed by atoms with Crippen molar-refractivity contribution in [3.8, 4) is 10.8 Å². The third-order valence-corrected chi connectivity index (χ3v) is 8.09. The Balaban J connectivity index is 1.31. The molecule has 0 radical (unpaired) electrons. The minimum atomic E-state index is -0.959. The molecule has 12 nitrogen and oxygen atoms in total. The Morgan fingerprint density at radius 1 is 1.27 bits per heavy atom. The van der Waals surface area contributed by atoms with Gasteiger partial charge in [0.25, 0.3) is 5.56 Å². The number of aryl methyl sites for hydroxylation is 1. The van der Waals surface area contributed by atoms with Gasteiger partial charge in [0.1, 0.15) is 40.2 Å². The van der Waals surface area contributed by atoms with Gasteiger partial charge < -0.3 is 19.5 Å². The number of aliphatic hydroxyl groups is 1. The number of amides is 1. The first kappa shape index (κ1) is 28.4. The van der Waals surface area contributed by atoms with Gasteiger partial charge in [-0.2, -0.15) is 10.2 Å². The van der Waals surface area contributed by atoms with Crippen LogP contribution in [-0.4, -0.2) is 73.4 Å². The average molecular weight is 585 g/mol. The van der Waals surface area contributed by atoms with E-state index < -0.39 is 29.2 Å². The number of fused-ring (bicyclic) bond motifs is 1. The number of carbonyl (C=O) groups is 1. The molecular weight excluding hydrogens is 555 g/mol. The fraction of sp³-hybridized carbons (Fsp3) is 0.370. The van der Waals surface area contributed by atoms with Gasteiger partial charge in [-0.15, -0.1) is 11.4 Å². The van der Waals surface area contributed by atoms with Crippen molar-refractivity contribution < 1.29 is 23.8 Å². The highest BCUT2D eigenvalue weighted by atomic mass is 32.1. The Kier molecular flexibility index (Phi) is 8.42. The number of halogens is 1. The molecule has 2 atom stereocenters. The normalized spacial score (nSPS) is 16.0. The van der Waals surface area contributed by atoms with Crippen LogP contribution < -0.4 is 16.0 Å². The van der Waals surface area contributed by atoms with E-state index in [1.807, 2.05) is 0 Å². The van der Waals surface area contributed by atoms with Gasteiger partial charge in [0, 0.05) is 17.7 Å². The average Bonchev–Trinajstić information content (AvgIpc) is 3.68. The number of ether oxygens (including phenoxy) is 2. The second-order valence-corrected chi connectivity index (χ2v) is 10.4. The standard InChI is InChI=1S/C27H29FN6O6S/c1-3-4-12-39-21(15-35)18-14-17(28)5-6-20(18)40-13-11-32-10-7-19(24(32)36)33-25(37)22-16(2)26(34-29-8-9-30-34)41-23(22)31-27(33)38/h3,5-6,8-9,14,19,21,35H,1,4,7,10-13,15H2,2H3,(H,31,38)/t19-,21-/m0/s1. The zero-order valence-corrected chi connectivity index (χ0v) is 23.1. The van der Waals surface area contributed by atoms with Crippen LogP contribution in [0.25, 0.3) is 15.2 Å². The van der Waals surface area contributed by atoms with E-state index in [4.69, 9.17) is 9.47 Å². The summed E-state index contributed by atoms with van der Waals surface area (Å²) in [5, 5.41) is 18.9. The Morgan fingerprint density at radius 3 is 2.78 bits per heavy atom. The number of benzene rings is 1. The highest BCUT2D eigenvalue weighted by molar-refractivity contribution is 7.21. The van der Waals surface area contributed by atoms with Gasteiger partial charge in [-0.05, 0) is 38.0 Å². The van der Waals surface area contributed by atoms with Gasteiger partial charge in [-0.25, -0.2) is 13.8 Å². The summed E-state index contributed by atoms with van der Waals surface area (Å²) in [6.45, 7) is 5.86. The quantitative estimate of drug-likeness (QED) is 0.191. The largest absolute Gasteiger partial charge is 0.491 e. The lowest BCUT2D eigenvalue weighted by molar-refractivity contribution is -0.130. The van der Waals surface area contributed by atoms with Crippen molar-refractivity contribution in [1.82, 2.24) is 29.4 Å². The number of nitrogens with zero attached hydrogens (tertiary/aromatic N) is 5. The van der Waals surface area contributed by atoms with Gasteiger partial charge in [-0.1, -0.05) is 17.4 Å². The van der Waals surface area contributed by atoms with Gasteiger partial charge in [0.15, 0.2) is 0 Å². The number of likely N-dealkylation sites (tertiary alicyclic amines) is 1. The molecule has 3 aromatic heterocycles. The monoisotopic (exact) mass is 584 g/mol. The van der Waals surface area contributed by atoms with Crippen molar-refractivity contribution in [2.75, 3.05) is 32.9 Å². The third kappa shape index (κ3) is 5.58. The van der Waals surface area contributed by atoms with Crippen LogP contribution in [0.1, 0.15) is 36.1 Å². The predicted octanol–water partition coefficient (Wildman–Crippen LogP) is 2.26. The molecule has 1 aliphatic heterocycles. The summed E-state index contributed by atoms with van der Waals surface area (Å²) in [5.74, 6) is -0.555. The Bertz CT molecular complexity index is 1680. The van der Waals surface area contributed by atoms with Crippen LogP contribution in [-0.2, 0) is 9.53 Å². The third-order valence-electron chi connectivity index (χ3n) is 6.92. The Labute approximate surface area is 237 Å². The first-order valence-electron chi connectivity index (χ1n) is 13.0. The number of nitrogens with one attached hydrogen (secondary N) is 1. The smallest absolute Gasteiger partial charge is 0.330 e. The van der Waals surface area contributed by atoms with Crippen molar-refractivity contribution in [2.24, 2.45) is 0 Å². The summed E-state index contributed by atoms with van der Waals surface area (Å²) in [6.07, 6.45) is 4.75. The fourth-order valence-corrected chi connectivity index (χ4v) is 6.00. The minimum absolute atomic E-state index is 0.0655. The van der Waals surface area contributed by atoms with E-state index in [-0.39, 0.29) is 32.1 Å². The molecule has 1 saturated heterocycles. The maximum atomic E-state index is 14.0. The van der Waals surface area contributed by atoms with Crippen molar-refractivity contribution >= 4 is 27.5 Å². The van der Waals surface area contributed by atoms with Crippen LogP contribution in [0, 0.1) is 12.7 Å². The number of rotatable bonds is 12. The summed E-state index contributed by atoms with van der Waals surface area (Å²) >= 11 is 1.19. The highest BCUT2D eigenvalue weighted by Gasteiger charge is 2.35. The molecule has 1 fully saturated rings. The molecule has 0 unspecified atom stereocenters. The first-order chi connectivity index (χ1) is 19.8. The van der Waals surface area contributed by atoms with E-state index in [0.717, 1.165) is 4.57 Å². The molecule has 14 heteroatoms. The number of H-pyrrole nitrogens is 1. The number of hydrogen-bond acceptors (Lipinski definition) is 9.